The molecule has 9 heteroatoms. The summed E-state index contributed by atoms with van der Waals surface area (Å²) in [6.07, 6.45) is -0.195. The highest BCUT2D eigenvalue weighted by atomic mass is 16.5. The quantitative estimate of drug-likeness (QED) is 0.251. The molecule has 0 saturated carbocycles. The maximum absolute atomic E-state index is 13.2. The van der Waals surface area contributed by atoms with Gasteiger partial charge in [0.05, 0.1) is 17.9 Å². The number of carbonyl (C=O) groups is 3. The van der Waals surface area contributed by atoms with E-state index in [0.717, 1.165) is 21.6 Å². The van der Waals surface area contributed by atoms with Gasteiger partial charge in [-0.2, -0.15) is 0 Å². The lowest BCUT2D eigenvalue weighted by Gasteiger charge is -2.24. The van der Waals surface area contributed by atoms with Crippen molar-refractivity contribution in [3.63, 3.8) is 0 Å². The van der Waals surface area contributed by atoms with E-state index >= 15 is 0 Å². The molecule has 38 heavy (non-hydrogen) atoms. The molecule has 1 fully saturated rings. The number of nitrogen functional groups attached to an aromatic ring is 1. The number of hydrogen-bond acceptors (Lipinski definition) is 5. The number of amides is 3. The highest BCUT2D eigenvalue weighted by molar-refractivity contribution is 6.01. The van der Waals surface area contributed by atoms with Gasteiger partial charge in [-0.3, -0.25) is 19.9 Å². The third-order valence-corrected chi connectivity index (χ3v) is 6.66. The molecule has 1 heterocycles. The molecule has 5 N–H and O–H groups in total. The predicted molar refractivity (Wildman–Crippen MR) is 143 cm³/mol. The minimum atomic E-state index is -1.21. The number of likely N-dealkylation sites (tertiary alicyclic amines) is 1. The van der Waals surface area contributed by atoms with Gasteiger partial charge >= 0.3 is 12.0 Å². The topological polar surface area (TPSA) is 146 Å². The Morgan fingerprint density at radius 3 is 2.24 bits per heavy atom. The summed E-state index contributed by atoms with van der Waals surface area (Å²) in [7, 11) is 0. The first-order valence-electron chi connectivity index (χ1n) is 12.2. The zero-order valence-corrected chi connectivity index (χ0v) is 21.0. The van der Waals surface area contributed by atoms with Crippen LogP contribution in [0.15, 0.2) is 78.9 Å². The van der Waals surface area contributed by atoms with Crippen molar-refractivity contribution in [1.29, 1.82) is 5.41 Å². The van der Waals surface area contributed by atoms with Gasteiger partial charge in [-0.1, -0.05) is 73.7 Å². The van der Waals surface area contributed by atoms with Crippen molar-refractivity contribution >= 4 is 23.7 Å². The number of nitrogens with zero attached hydrogens (tertiary/aromatic N) is 1. The van der Waals surface area contributed by atoms with Gasteiger partial charge in [0.15, 0.2) is 0 Å². The van der Waals surface area contributed by atoms with Crippen molar-refractivity contribution < 1.29 is 24.2 Å². The minimum absolute atomic E-state index is 0.00735. The third kappa shape index (κ3) is 6.00. The molecule has 4 rings (SSSR count). The second kappa shape index (κ2) is 11.2. The Morgan fingerprint density at radius 1 is 1.05 bits per heavy atom. The van der Waals surface area contributed by atoms with Gasteiger partial charge < -0.3 is 20.9 Å². The standard InChI is InChI=1S/C29H30N4O5/c1-29(16-25(34)35)15-23(33(27(29)36)28(37)32-17-19-5-3-2-4-6-19)18-38-24-13-11-21(12-14-24)20-7-9-22(10-8-20)26(30)31/h2-14,23H,15-18H2,1H3,(H3,30,31)(H,32,37)(H,34,35)/t23-,29-/m0/s1. The Balaban J connectivity index is 1.45. The van der Waals surface area contributed by atoms with Crippen LogP contribution in [0.4, 0.5) is 4.79 Å². The highest BCUT2D eigenvalue weighted by Gasteiger charge is 2.52. The Hall–Kier alpha value is -4.66. The molecule has 1 aliphatic heterocycles. The fourth-order valence-electron chi connectivity index (χ4n) is 4.67. The molecule has 0 spiro atoms. The van der Waals surface area contributed by atoms with Crippen LogP contribution < -0.4 is 15.8 Å². The normalized spacial score (nSPS) is 18.7. The van der Waals surface area contributed by atoms with E-state index in [1.165, 1.54) is 0 Å². The van der Waals surface area contributed by atoms with Crippen LogP contribution in [0.1, 0.15) is 30.9 Å². The van der Waals surface area contributed by atoms with E-state index in [1.807, 2.05) is 54.6 Å². The number of ether oxygens (including phenoxy) is 1. The summed E-state index contributed by atoms with van der Waals surface area (Å²) in [6.45, 7) is 1.85. The molecule has 0 aromatic heterocycles. The molecule has 0 aliphatic carbocycles. The van der Waals surface area contributed by atoms with Crippen LogP contribution >= 0.6 is 0 Å². The van der Waals surface area contributed by atoms with Crippen LogP contribution in [-0.4, -0.2) is 46.4 Å². The van der Waals surface area contributed by atoms with Crippen LogP contribution in [0.25, 0.3) is 11.1 Å². The molecule has 3 aromatic rings. The van der Waals surface area contributed by atoms with Gasteiger partial charge in [0, 0.05) is 12.1 Å². The Labute approximate surface area is 220 Å². The first-order valence-corrected chi connectivity index (χ1v) is 12.2. The Bertz CT molecular complexity index is 1330. The summed E-state index contributed by atoms with van der Waals surface area (Å²) >= 11 is 0. The number of carbonyl (C=O) groups excluding carboxylic acids is 2. The Kier molecular flexibility index (Phi) is 7.76. The molecule has 3 aromatic carbocycles. The van der Waals surface area contributed by atoms with Gasteiger partial charge in [0.2, 0.25) is 5.91 Å². The molecule has 0 bridgehead atoms. The monoisotopic (exact) mass is 514 g/mol. The number of nitrogens with two attached hydrogens (primary N) is 1. The number of amidine groups is 1. The molecular weight excluding hydrogens is 484 g/mol. The number of rotatable bonds is 9. The number of imide groups is 1. The number of aliphatic carboxylic acids is 1. The molecule has 0 radical (unpaired) electrons. The van der Waals surface area contributed by atoms with Crippen LogP contribution in [0, 0.1) is 10.8 Å². The zero-order valence-electron chi connectivity index (χ0n) is 21.0. The zero-order chi connectivity index (χ0) is 27.3. The second-order valence-electron chi connectivity index (χ2n) is 9.63. The molecule has 9 nitrogen and oxygen atoms in total. The van der Waals surface area contributed by atoms with Gasteiger partial charge in [0.25, 0.3) is 0 Å². The van der Waals surface area contributed by atoms with Crippen molar-refractivity contribution in [3.05, 3.63) is 90.0 Å². The van der Waals surface area contributed by atoms with E-state index in [-0.39, 0.29) is 31.8 Å². The van der Waals surface area contributed by atoms with E-state index in [0.29, 0.717) is 11.3 Å². The second-order valence-corrected chi connectivity index (χ2v) is 9.63. The number of urea groups is 1. The highest BCUT2D eigenvalue weighted by Crippen LogP contribution is 2.39. The smallest absolute Gasteiger partial charge is 0.324 e. The van der Waals surface area contributed by atoms with Crippen molar-refractivity contribution in [2.24, 2.45) is 11.1 Å². The molecule has 1 saturated heterocycles. The van der Waals surface area contributed by atoms with E-state index in [4.69, 9.17) is 15.9 Å². The van der Waals surface area contributed by atoms with E-state index in [1.54, 1.807) is 31.2 Å². The largest absolute Gasteiger partial charge is 0.491 e. The van der Waals surface area contributed by atoms with Crippen LogP contribution in [0.3, 0.4) is 0 Å². The van der Waals surface area contributed by atoms with E-state index in [9.17, 15) is 19.5 Å². The van der Waals surface area contributed by atoms with Crippen LogP contribution in [0.2, 0.25) is 0 Å². The number of carboxylic acids is 1. The number of carboxylic acid groups (broad SMARTS) is 1. The lowest BCUT2D eigenvalue weighted by Crippen LogP contribution is -2.48. The summed E-state index contributed by atoms with van der Waals surface area (Å²) in [5.41, 5.74) is 7.73. The molecule has 3 amide bonds. The molecule has 196 valence electrons. The summed E-state index contributed by atoms with van der Waals surface area (Å²) in [4.78, 5) is 38.9. The first kappa shape index (κ1) is 26.4. The molecule has 0 unspecified atom stereocenters. The van der Waals surface area contributed by atoms with Crippen LogP contribution in [0.5, 0.6) is 5.75 Å². The molecule has 2 atom stereocenters. The Morgan fingerprint density at radius 2 is 1.66 bits per heavy atom. The minimum Gasteiger partial charge on any atom is -0.491 e. The average Bonchev–Trinajstić information content (AvgIpc) is 3.15. The summed E-state index contributed by atoms with van der Waals surface area (Å²) in [6, 6.07) is 22.8. The molecule has 1 aliphatic rings. The van der Waals surface area contributed by atoms with Crippen molar-refractivity contribution in [2.45, 2.75) is 32.4 Å². The van der Waals surface area contributed by atoms with Gasteiger partial charge in [-0.15, -0.1) is 0 Å². The maximum atomic E-state index is 13.2. The number of benzene rings is 3. The fourth-order valence-corrected chi connectivity index (χ4v) is 4.67. The van der Waals surface area contributed by atoms with Gasteiger partial charge in [0.1, 0.15) is 18.2 Å². The lowest BCUT2D eigenvalue weighted by atomic mass is 9.84. The van der Waals surface area contributed by atoms with Gasteiger partial charge in [-0.25, -0.2) is 4.79 Å². The van der Waals surface area contributed by atoms with Crippen LogP contribution in [-0.2, 0) is 16.1 Å². The maximum Gasteiger partial charge on any atom is 0.324 e. The van der Waals surface area contributed by atoms with Crippen molar-refractivity contribution in [3.8, 4) is 16.9 Å². The fraction of sp³-hybridized carbons (Fsp3) is 0.241. The van der Waals surface area contributed by atoms with Gasteiger partial charge in [-0.05, 0) is 35.2 Å². The lowest BCUT2D eigenvalue weighted by molar-refractivity contribution is -0.145. The summed E-state index contributed by atoms with van der Waals surface area (Å²) in [5.74, 6) is -1.06. The third-order valence-electron chi connectivity index (χ3n) is 6.66. The SMILES string of the molecule is C[C@@]1(CC(=O)O)C[C@@H](COc2ccc(-c3ccc(C(=N)N)cc3)cc2)N(C(=O)NCc2ccccc2)C1=O. The first-order chi connectivity index (χ1) is 18.2. The number of nitrogens with one attached hydrogen (secondary N) is 2. The van der Waals surface area contributed by atoms with E-state index in [2.05, 4.69) is 5.32 Å². The summed E-state index contributed by atoms with van der Waals surface area (Å²) < 4.78 is 5.96. The average molecular weight is 515 g/mol. The van der Waals surface area contributed by atoms with Crippen molar-refractivity contribution in [1.82, 2.24) is 10.2 Å². The van der Waals surface area contributed by atoms with Crippen molar-refractivity contribution in [2.75, 3.05) is 6.61 Å². The predicted octanol–water partition coefficient (Wildman–Crippen LogP) is 4.01. The molecular formula is C29H30N4O5. The van der Waals surface area contributed by atoms with E-state index < -0.39 is 29.4 Å². The summed E-state index contributed by atoms with van der Waals surface area (Å²) in [5, 5.41) is 19.7. The number of hydrogen-bond donors (Lipinski definition) is 4.